The first-order valence-corrected chi connectivity index (χ1v) is 7.43. The molecule has 0 heterocycles. The van der Waals surface area contributed by atoms with Crippen LogP contribution in [0.25, 0.3) is 11.1 Å². The molecule has 23 heavy (non-hydrogen) atoms. The summed E-state index contributed by atoms with van der Waals surface area (Å²) in [5, 5.41) is 28.9. The van der Waals surface area contributed by atoms with Gasteiger partial charge < -0.3 is 15.3 Å². The molecule has 116 valence electrons. The van der Waals surface area contributed by atoms with Gasteiger partial charge in [0.1, 0.15) is 17.2 Å². The number of hydrogen-bond donors (Lipinski definition) is 3. The third-order valence-electron chi connectivity index (χ3n) is 3.92. The maximum Gasteiger partial charge on any atom is 0.118 e. The molecule has 0 bridgehead atoms. The average molecular weight is 306 g/mol. The van der Waals surface area contributed by atoms with Gasteiger partial charge in [-0.1, -0.05) is 30.3 Å². The first-order chi connectivity index (χ1) is 11.0. The third kappa shape index (κ3) is 3.29. The molecule has 0 amide bonds. The zero-order valence-electron chi connectivity index (χ0n) is 12.8. The highest BCUT2D eigenvalue weighted by Gasteiger charge is 2.09. The maximum absolute atomic E-state index is 9.83. The zero-order valence-corrected chi connectivity index (χ0v) is 12.8. The van der Waals surface area contributed by atoms with Crippen LogP contribution in [0.2, 0.25) is 0 Å². The zero-order chi connectivity index (χ0) is 16.4. The standard InChI is InChI=1S/C20H18O3/c1-13-10-14(2-9-20(13)23)11-16-12-18(22)7-8-19(16)15-3-5-17(21)6-4-15/h2-10,12,21-23H,11H2,1H3. The van der Waals surface area contributed by atoms with Crippen LogP contribution in [-0.2, 0) is 6.42 Å². The molecule has 0 aliphatic rings. The van der Waals surface area contributed by atoms with Crippen LogP contribution in [0.3, 0.4) is 0 Å². The lowest BCUT2D eigenvalue weighted by Gasteiger charge is -2.12. The Morgan fingerprint density at radius 2 is 1.43 bits per heavy atom. The van der Waals surface area contributed by atoms with Crippen molar-refractivity contribution in [2.75, 3.05) is 0 Å². The summed E-state index contributed by atoms with van der Waals surface area (Å²) in [7, 11) is 0. The van der Waals surface area contributed by atoms with E-state index in [0.29, 0.717) is 6.42 Å². The highest BCUT2D eigenvalue weighted by molar-refractivity contribution is 5.69. The summed E-state index contributed by atoms with van der Waals surface area (Å²) in [6.45, 7) is 1.86. The fraction of sp³-hybridized carbons (Fsp3) is 0.100. The van der Waals surface area contributed by atoms with Crippen molar-refractivity contribution < 1.29 is 15.3 Å². The number of rotatable bonds is 3. The fourth-order valence-electron chi connectivity index (χ4n) is 2.70. The van der Waals surface area contributed by atoms with Gasteiger partial charge in [0.2, 0.25) is 0 Å². The van der Waals surface area contributed by atoms with Gasteiger partial charge in [0.05, 0.1) is 0 Å². The smallest absolute Gasteiger partial charge is 0.118 e. The molecular weight excluding hydrogens is 288 g/mol. The van der Waals surface area contributed by atoms with E-state index in [1.165, 1.54) is 0 Å². The topological polar surface area (TPSA) is 60.7 Å². The van der Waals surface area contributed by atoms with E-state index in [1.807, 2.05) is 37.3 Å². The van der Waals surface area contributed by atoms with Crippen molar-refractivity contribution in [1.82, 2.24) is 0 Å². The molecule has 0 saturated carbocycles. The lowest BCUT2D eigenvalue weighted by molar-refractivity contribution is 0.470. The van der Waals surface area contributed by atoms with Gasteiger partial charge in [-0.05, 0) is 71.5 Å². The fourth-order valence-corrected chi connectivity index (χ4v) is 2.70. The van der Waals surface area contributed by atoms with Crippen LogP contribution in [0.5, 0.6) is 17.2 Å². The van der Waals surface area contributed by atoms with Crippen LogP contribution in [-0.4, -0.2) is 15.3 Å². The Hall–Kier alpha value is -2.94. The molecule has 3 nitrogen and oxygen atoms in total. The molecule has 3 aromatic rings. The van der Waals surface area contributed by atoms with Gasteiger partial charge >= 0.3 is 0 Å². The second-order valence-electron chi connectivity index (χ2n) is 5.69. The molecule has 0 aromatic heterocycles. The normalized spacial score (nSPS) is 10.7. The summed E-state index contributed by atoms with van der Waals surface area (Å²) in [5.41, 5.74) is 4.86. The van der Waals surface area contributed by atoms with Gasteiger partial charge in [-0.3, -0.25) is 0 Å². The number of hydrogen-bond acceptors (Lipinski definition) is 3. The molecule has 3 heteroatoms. The van der Waals surface area contributed by atoms with Crippen LogP contribution in [0.4, 0.5) is 0 Å². The van der Waals surface area contributed by atoms with E-state index in [0.717, 1.165) is 27.8 Å². The molecule has 0 fully saturated rings. The number of aryl methyl sites for hydroxylation is 1. The summed E-state index contributed by atoms with van der Waals surface area (Å²) in [4.78, 5) is 0. The van der Waals surface area contributed by atoms with E-state index in [1.54, 1.807) is 30.3 Å². The lowest BCUT2D eigenvalue weighted by atomic mass is 9.94. The van der Waals surface area contributed by atoms with Crippen LogP contribution < -0.4 is 0 Å². The van der Waals surface area contributed by atoms with E-state index in [9.17, 15) is 15.3 Å². The Kier molecular flexibility index (Phi) is 3.94. The number of aromatic hydroxyl groups is 3. The Labute approximate surface area is 135 Å². The highest BCUT2D eigenvalue weighted by atomic mass is 16.3. The van der Waals surface area contributed by atoms with Crippen LogP contribution >= 0.6 is 0 Å². The van der Waals surface area contributed by atoms with Gasteiger partial charge in [-0.2, -0.15) is 0 Å². The van der Waals surface area contributed by atoms with Crippen molar-refractivity contribution in [2.24, 2.45) is 0 Å². The quantitative estimate of drug-likeness (QED) is 0.673. The van der Waals surface area contributed by atoms with Gasteiger partial charge in [0.25, 0.3) is 0 Å². The van der Waals surface area contributed by atoms with Crippen LogP contribution in [0.15, 0.2) is 60.7 Å². The molecular formula is C20H18O3. The minimum atomic E-state index is 0.220. The van der Waals surface area contributed by atoms with Crippen molar-refractivity contribution >= 4 is 0 Å². The minimum Gasteiger partial charge on any atom is -0.508 e. The number of phenols is 3. The molecule has 0 aliphatic heterocycles. The van der Waals surface area contributed by atoms with Crippen molar-refractivity contribution in [3.05, 3.63) is 77.4 Å². The largest absolute Gasteiger partial charge is 0.508 e. The molecule has 0 spiro atoms. The van der Waals surface area contributed by atoms with Gasteiger partial charge in [0, 0.05) is 0 Å². The Balaban J connectivity index is 2.02. The molecule has 0 aliphatic carbocycles. The Bertz CT molecular complexity index is 836. The molecule has 3 rings (SSSR count). The van der Waals surface area contributed by atoms with E-state index < -0.39 is 0 Å². The molecule has 3 N–H and O–H groups in total. The average Bonchev–Trinajstić information content (AvgIpc) is 2.52. The summed E-state index contributed by atoms with van der Waals surface area (Å²) < 4.78 is 0. The van der Waals surface area contributed by atoms with Gasteiger partial charge in [-0.15, -0.1) is 0 Å². The van der Waals surface area contributed by atoms with Gasteiger partial charge in [-0.25, -0.2) is 0 Å². The summed E-state index contributed by atoms with van der Waals surface area (Å²) in [6.07, 6.45) is 0.645. The summed E-state index contributed by atoms with van der Waals surface area (Å²) in [5.74, 6) is 0.727. The monoisotopic (exact) mass is 306 g/mol. The Morgan fingerprint density at radius 1 is 0.739 bits per heavy atom. The second kappa shape index (κ2) is 6.05. The SMILES string of the molecule is Cc1cc(Cc2cc(O)ccc2-c2ccc(O)cc2)ccc1O. The summed E-state index contributed by atoms with van der Waals surface area (Å²) >= 11 is 0. The van der Waals surface area contributed by atoms with Crippen molar-refractivity contribution in [3.63, 3.8) is 0 Å². The van der Waals surface area contributed by atoms with Crippen molar-refractivity contribution in [3.8, 4) is 28.4 Å². The second-order valence-corrected chi connectivity index (χ2v) is 5.69. The van der Waals surface area contributed by atoms with Crippen molar-refractivity contribution in [2.45, 2.75) is 13.3 Å². The van der Waals surface area contributed by atoms with E-state index in [4.69, 9.17) is 0 Å². The number of phenolic OH excluding ortho intramolecular Hbond substituents is 3. The maximum atomic E-state index is 9.83. The van der Waals surface area contributed by atoms with E-state index >= 15 is 0 Å². The van der Waals surface area contributed by atoms with Gasteiger partial charge in [0.15, 0.2) is 0 Å². The third-order valence-corrected chi connectivity index (χ3v) is 3.92. The molecule has 0 atom stereocenters. The lowest BCUT2D eigenvalue weighted by Crippen LogP contribution is -1.93. The van der Waals surface area contributed by atoms with Crippen LogP contribution in [0.1, 0.15) is 16.7 Å². The first-order valence-electron chi connectivity index (χ1n) is 7.43. The minimum absolute atomic E-state index is 0.220. The predicted molar refractivity (Wildman–Crippen MR) is 90.9 cm³/mol. The molecule has 0 radical (unpaired) electrons. The van der Waals surface area contributed by atoms with E-state index in [2.05, 4.69) is 0 Å². The van der Waals surface area contributed by atoms with Crippen LogP contribution in [0, 0.1) is 6.92 Å². The Morgan fingerprint density at radius 3 is 2.13 bits per heavy atom. The molecule has 0 saturated heterocycles. The van der Waals surface area contributed by atoms with Crippen molar-refractivity contribution in [1.29, 1.82) is 0 Å². The number of benzene rings is 3. The first kappa shape index (κ1) is 15.0. The highest BCUT2D eigenvalue weighted by Crippen LogP contribution is 2.30. The molecule has 0 unspecified atom stereocenters. The van der Waals surface area contributed by atoms with E-state index in [-0.39, 0.29) is 17.2 Å². The predicted octanol–water partition coefficient (Wildman–Crippen LogP) is 4.37. The summed E-state index contributed by atoms with van der Waals surface area (Å²) in [6, 6.07) is 17.8. The molecule has 3 aromatic carbocycles.